The van der Waals surface area contributed by atoms with Crippen LogP contribution in [0.2, 0.25) is 0 Å². The molecule has 1 aromatic rings. The Morgan fingerprint density at radius 3 is 2.68 bits per heavy atom. The lowest BCUT2D eigenvalue weighted by atomic mass is 10.1. The van der Waals surface area contributed by atoms with E-state index in [0.29, 0.717) is 5.92 Å². The van der Waals surface area contributed by atoms with Gasteiger partial charge in [-0.1, -0.05) is 51.3 Å². The molecule has 2 heteroatoms. The van der Waals surface area contributed by atoms with E-state index in [9.17, 15) is 0 Å². The number of thioether (sulfide) groups is 1. The van der Waals surface area contributed by atoms with Crippen molar-refractivity contribution in [2.45, 2.75) is 58.4 Å². The number of rotatable bonds is 9. The van der Waals surface area contributed by atoms with Gasteiger partial charge in [0.05, 0.1) is 0 Å². The van der Waals surface area contributed by atoms with Crippen molar-refractivity contribution in [2.75, 3.05) is 12.3 Å². The molecule has 0 aliphatic carbocycles. The van der Waals surface area contributed by atoms with Gasteiger partial charge in [0.25, 0.3) is 0 Å². The van der Waals surface area contributed by atoms with Crippen LogP contribution in [0.5, 0.6) is 0 Å². The highest BCUT2D eigenvalue weighted by molar-refractivity contribution is 7.99. The van der Waals surface area contributed by atoms with Crippen LogP contribution in [-0.2, 0) is 6.54 Å². The summed E-state index contributed by atoms with van der Waals surface area (Å²) in [4.78, 5) is 1.46. The first kappa shape index (κ1) is 16.6. The van der Waals surface area contributed by atoms with Crippen LogP contribution < -0.4 is 5.32 Å². The smallest absolute Gasteiger partial charge is 0.0216 e. The molecule has 0 amide bonds. The fraction of sp³-hybridized carbons (Fsp3) is 0.647. The molecule has 0 aliphatic heterocycles. The van der Waals surface area contributed by atoms with Crippen molar-refractivity contribution in [3.63, 3.8) is 0 Å². The Balaban J connectivity index is 2.53. The third kappa shape index (κ3) is 7.03. The highest BCUT2D eigenvalue weighted by atomic mass is 32.2. The Morgan fingerprint density at radius 2 is 2.00 bits per heavy atom. The van der Waals surface area contributed by atoms with Crippen molar-refractivity contribution < 1.29 is 0 Å². The van der Waals surface area contributed by atoms with Crippen molar-refractivity contribution >= 4 is 11.8 Å². The van der Waals surface area contributed by atoms with E-state index in [0.717, 1.165) is 13.1 Å². The van der Waals surface area contributed by atoms with Gasteiger partial charge < -0.3 is 5.32 Å². The Labute approximate surface area is 123 Å². The molecule has 19 heavy (non-hydrogen) atoms. The molecule has 0 unspecified atom stereocenters. The van der Waals surface area contributed by atoms with Crippen molar-refractivity contribution in [1.82, 2.24) is 5.32 Å². The number of hydrogen-bond acceptors (Lipinski definition) is 2. The molecule has 1 nitrogen and oxygen atoms in total. The molecular weight excluding hydrogens is 250 g/mol. The summed E-state index contributed by atoms with van der Waals surface area (Å²) < 4.78 is 0. The highest BCUT2D eigenvalue weighted by Gasteiger charge is 2.04. The zero-order valence-corrected chi connectivity index (χ0v) is 13.8. The Bertz CT molecular complexity index is 360. The lowest BCUT2D eigenvalue weighted by Crippen LogP contribution is -2.19. The van der Waals surface area contributed by atoms with E-state index in [1.165, 1.54) is 41.0 Å². The molecule has 0 atom stereocenters. The topological polar surface area (TPSA) is 12.0 Å². The van der Waals surface area contributed by atoms with E-state index in [1.807, 2.05) is 11.8 Å². The molecule has 1 rings (SSSR count). The summed E-state index contributed by atoms with van der Waals surface area (Å²) in [5.74, 6) is 1.96. The summed E-state index contributed by atoms with van der Waals surface area (Å²) in [7, 11) is 0. The zero-order chi connectivity index (χ0) is 14.1. The first-order chi connectivity index (χ1) is 9.13. The van der Waals surface area contributed by atoms with Gasteiger partial charge >= 0.3 is 0 Å². The Hall–Kier alpha value is -0.470. The lowest BCUT2D eigenvalue weighted by Gasteiger charge is -2.12. The molecular formula is C17H29NS. The van der Waals surface area contributed by atoms with Crippen molar-refractivity contribution in [2.24, 2.45) is 5.92 Å². The van der Waals surface area contributed by atoms with Gasteiger partial charge in [-0.25, -0.2) is 0 Å². The maximum Gasteiger partial charge on any atom is 0.0216 e. The van der Waals surface area contributed by atoms with Crippen molar-refractivity contribution in [3.05, 3.63) is 29.3 Å². The first-order valence-electron chi connectivity index (χ1n) is 7.56. The van der Waals surface area contributed by atoms with E-state index >= 15 is 0 Å². The van der Waals surface area contributed by atoms with E-state index in [2.05, 4.69) is 51.2 Å². The minimum Gasteiger partial charge on any atom is -0.312 e. The number of nitrogens with one attached hydrogen (secondary N) is 1. The SMILES string of the molecule is CCCCCSc1ccc(C)cc1CNCC(C)C. The van der Waals surface area contributed by atoms with E-state index < -0.39 is 0 Å². The zero-order valence-electron chi connectivity index (χ0n) is 13.0. The predicted octanol–water partition coefficient (Wildman–Crippen LogP) is 5.02. The lowest BCUT2D eigenvalue weighted by molar-refractivity contribution is 0.550. The normalized spacial score (nSPS) is 11.2. The Kier molecular flexibility index (Phi) is 8.24. The van der Waals surface area contributed by atoms with Crippen molar-refractivity contribution in [3.8, 4) is 0 Å². The summed E-state index contributed by atoms with van der Waals surface area (Å²) in [5.41, 5.74) is 2.82. The van der Waals surface area contributed by atoms with Crippen LogP contribution >= 0.6 is 11.8 Å². The average Bonchev–Trinajstić information content (AvgIpc) is 2.36. The maximum absolute atomic E-state index is 3.56. The van der Waals surface area contributed by atoms with Gasteiger partial charge in [-0.3, -0.25) is 0 Å². The van der Waals surface area contributed by atoms with Gasteiger partial charge in [-0.2, -0.15) is 0 Å². The second-order valence-corrected chi connectivity index (χ2v) is 6.83. The minimum absolute atomic E-state index is 0.713. The van der Waals surface area contributed by atoms with Crippen LogP contribution in [-0.4, -0.2) is 12.3 Å². The number of benzene rings is 1. The predicted molar refractivity (Wildman–Crippen MR) is 88.0 cm³/mol. The fourth-order valence-corrected chi connectivity index (χ4v) is 3.07. The average molecular weight is 279 g/mol. The summed E-state index contributed by atoms with van der Waals surface area (Å²) in [6, 6.07) is 6.85. The van der Waals surface area contributed by atoms with Gasteiger partial charge in [0.15, 0.2) is 0 Å². The minimum atomic E-state index is 0.713. The molecule has 0 bridgehead atoms. The molecule has 0 spiro atoms. The summed E-state index contributed by atoms with van der Waals surface area (Å²) in [6.07, 6.45) is 3.98. The quantitative estimate of drug-likeness (QED) is 0.503. The largest absolute Gasteiger partial charge is 0.312 e. The summed E-state index contributed by atoms with van der Waals surface area (Å²) in [5, 5.41) is 3.56. The van der Waals surface area contributed by atoms with Gasteiger partial charge in [-0.15, -0.1) is 11.8 Å². The molecule has 0 aromatic heterocycles. The molecule has 0 radical (unpaired) electrons. The molecule has 0 saturated carbocycles. The van der Waals surface area contributed by atoms with Crippen LogP contribution in [0.3, 0.4) is 0 Å². The second kappa shape index (κ2) is 9.44. The molecule has 0 saturated heterocycles. The maximum atomic E-state index is 3.56. The fourth-order valence-electron chi connectivity index (χ4n) is 2.02. The summed E-state index contributed by atoms with van der Waals surface area (Å²) in [6.45, 7) is 11.0. The molecule has 0 heterocycles. The third-order valence-electron chi connectivity index (χ3n) is 3.09. The number of hydrogen-bond donors (Lipinski definition) is 1. The molecule has 1 N–H and O–H groups in total. The van der Waals surface area contributed by atoms with Crippen LogP contribution in [0.1, 0.15) is 51.2 Å². The number of unbranched alkanes of at least 4 members (excludes halogenated alkanes) is 2. The molecule has 108 valence electrons. The molecule has 0 fully saturated rings. The Morgan fingerprint density at radius 1 is 1.21 bits per heavy atom. The van der Waals surface area contributed by atoms with Gasteiger partial charge in [0, 0.05) is 11.4 Å². The second-order valence-electron chi connectivity index (χ2n) is 5.69. The third-order valence-corrected chi connectivity index (χ3v) is 4.29. The van der Waals surface area contributed by atoms with Crippen LogP contribution in [0.25, 0.3) is 0 Å². The standard InChI is InChI=1S/C17H29NS/c1-5-6-7-10-19-17-9-8-15(4)11-16(17)13-18-12-14(2)3/h8-9,11,14,18H,5-7,10,12-13H2,1-4H3. The number of aryl methyl sites for hydroxylation is 1. The monoisotopic (exact) mass is 279 g/mol. The highest BCUT2D eigenvalue weighted by Crippen LogP contribution is 2.25. The van der Waals surface area contributed by atoms with E-state index in [1.54, 1.807) is 0 Å². The molecule has 1 aromatic carbocycles. The van der Waals surface area contributed by atoms with Crippen molar-refractivity contribution in [1.29, 1.82) is 0 Å². The van der Waals surface area contributed by atoms with Gasteiger partial charge in [-0.05, 0) is 43.2 Å². The van der Waals surface area contributed by atoms with E-state index in [-0.39, 0.29) is 0 Å². The summed E-state index contributed by atoms with van der Waals surface area (Å²) >= 11 is 2.01. The van der Waals surface area contributed by atoms with Gasteiger partial charge in [0.2, 0.25) is 0 Å². The molecule has 0 aliphatic rings. The van der Waals surface area contributed by atoms with E-state index in [4.69, 9.17) is 0 Å². The van der Waals surface area contributed by atoms with Crippen LogP contribution in [0, 0.1) is 12.8 Å². The van der Waals surface area contributed by atoms with Crippen LogP contribution in [0.4, 0.5) is 0 Å². The van der Waals surface area contributed by atoms with Crippen LogP contribution in [0.15, 0.2) is 23.1 Å². The van der Waals surface area contributed by atoms with Gasteiger partial charge in [0.1, 0.15) is 0 Å². The first-order valence-corrected chi connectivity index (χ1v) is 8.55.